The summed E-state index contributed by atoms with van der Waals surface area (Å²) < 4.78 is 10.6. The van der Waals surface area contributed by atoms with Gasteiger partial charge in [-0.2, -0.15) is 0 Å². The lowest BCUT2D eigenvalue weighted by Gasteiger charge is -2.35. The van der Waals surface area contributed by atoms with Gasteiger partial charge in [-0.05, 0) is 31.5 Å². The molecule has 1 aromatic rings. The number of carbonyl (C=O) groups is 1. The molecule has 1 aromatic heterocycles. The average Bonchev–Trinajstić information content (AvgIpc) is 2.67. The highest BCUT2D eigenvalue weighted by molar-refractivity contribution is 5.95. The van der Waals surface area contributed by atoms with Crippen LogP contribution < -0.4 is 10.1 Å². The van der Waals surface area contributed by atoms with E-state index in [9.17, 15) is 4.79 Å². The smallest absolute Gasteiger partial charge is 0.274 e. The summed E-state index contributed by atoms with van der Waals surface area (Å²) in [6.45, 7) is 7.82. The van der Waals surface area contributed by atoms with E-state index in [0.29, 0.717) is 11.4 Å². The fourth-order valence-electron chi connectivity index (χ4n) is 3.46. The molecule has 2 aliphatic rings. The normalized spacial score (nSPS) is 22.5. The highest BCUT2D eigenvalue weighted by Gasteiger charge is 2.24. The zero-order chi connectivity index (χ0) is 17.5. The van der Waals surface area contributed by atoms with Crippen LogP contribution in [0.25, 0.3) is 0 Å². The molecule has 7 nitrogen and oxygen atoms in total. The molecule has 3 heterocycles. The van der Waals surface area contributed by atoms with Gasteiger partial charge in [0, 0.05) is 45.0 Å². The van der Waals surface area contributed by atoms with Crippen LogP contribution in [0.3, 0.4) is 0 Å². The molecule has 2 aliphatic heterocycles. The number of rotatable bonds is 6. The quantitative estimate of drug-likeness (QED) is 0.813. The molecule has 0 radical (unpaired) electrons. The van der Waals surface area contributed by atoms with Crippen molar-refractivity contribution in [2.45, 2.75) is 18.9 Å². The van der Waals surface area contributed by atoms with Crippen LogP contribution in [0.1, 0.15) is 23.3 Å². The predicted molar refractivity (Wildman–Crippen MR) is 95.0 cm³/mol. The first-order valence-corrected chi connectivity index (χ1v) is 9.08. The summed E-state index contributed by atoms with van der Waals surface area (Å²) in [5, 5.41) is 3.12. The Morgan fingerprint density at radius 1 is 1.32 bits per heavy atom. The average molecular weight is 348 g/mol. The summed E-state index contributed by atoms with van der Waals surface area (Å²) in [7, 11) is 1.56. The largest absolute Gasteiger partial charge is 0.494 e. The van der Waals surface area contributed by atoms with Gasteiger partial charge in [0.1, 0.15) is 5.75 Å². The fraction of sp³-hybridized carbons (Fsp3) is 0.667. The maximum atomic E-state index is 12.5. The first-order chi connectivity index (χ1) is 12.3. The summed E-state index contributed by atoms with van der Waals surface area (Å²) in [5.41, 5.74) is 0.357. The van der Waals surface area contributed by atoms with Crippen LogP contribution in [0.4, 0.5) is 0 Å². The van der Waals surface area contributed by atoms with E-state index in [1.54, 1.807) is 25.4 Å². The number of likely N-dealkylation sites (tertiary alicyclic amines) is 1. The summed E-state index contributed by atoms with van der Waals surface area (Å²) in [5.74, 6) is 0.359. The topological polar surface area (TPSA) is 66.9 Å². The van der Waals surface area contributed by atoms with Gasteiger partial charge in [0.25, 0.3) is 5.91 Å². The minimum absolute atomic E-state index is 0.155. The van der Waals surface area contributed by atoms with Gasteiger partial charge in [-0.3, -0.25) is 9.69 Å². The third-order valence-corrected chi connectivity index (χ3v) is 4.88. The molecule has 138 valence electrons. The maximum absolute atomic E-state index is 12.5. The number of aromatic nitrogens is 1. The summed E-state index contributed by atoms with van der Waals surface area (Å²) in [6.07, 6.45) is 3.73. The van der Waals surface area contributed by atoms with Crippen molar-refractivity contribution >= 4 is 5.91 Å². The number of piperidine rings is 1. The van der Waals surface area contributed by atoms with Gasteiger partial charge in [0.2, 0.25) is 0 Å². The molecule has 0 saturated carbocycles. The molecule has 25 heavy (non-hydrogen) atoms. The van der Waals surface area contributed by atoms with Crippen LogP contribution in [0.5, 0.6) is 5.75 Å². The number of carbonyl (C=O) groups excluding carboxylic acids is 1. The number of methoxy groups -OCH3 is 1. The van der Waals surface area contributed by atoms with Crippen LogP contribution >= 0.6 is 0 Å². The van der Waals surface area contributed by atoms with E-state index in [0.717, 1.165) is 65.3 Å². The zero-order valence-corrected chi connectivity index (χ0v) is 14.9. The minimum atomic E-state index is -0.155. The van der Waals surface area contributed by atoms with Gasteiger partial charge in [-0.25, -0.2) is 4.98 Å². The SMILES string of the molecule is COc1cccnc1C(=O)NC1CCCN(CCN2CCOCC2)C1. The van der Waals surface area contributed by atoms with Gasteiger partial charge in [0.05, 0.1) is 20.3 Å². The van der Waals surface area contributed by atoms with Gasteiger partial charge in [0.15, 0.2) is 5.69 Å². The van der Waals surface area contributed by atoms with Gasteiger partial charge >= 0.3 is 0 Å². The molecule has 1 N–H and O–H groups in total. The summed E-state index contributed by atoms with van der Waals surface area (Å²) >= 11 is 0. The highest BCUT2D eigenvalue weighted by Crippen LogP contribution is 2.16. The highest BCUT2D eigenvalue weighted by atomic mass is 16.5. The van der Waals surface area contributed by atoms with Crippen LogP contribution in [0.2, 0.25) is 0 Å². The lowest BCUT2D eigenvalue weighted by Crippen LogP contribution is -2.50. The second-order valence-corrected chi connectivity index (χ2v) is 6.62. The summed E-state index contributed by atoms with van der Waals surface area (Å²) in [4.78, 5) is 21.6. The van der Waals surface area contributed by atoms with E-state index in [1.807, 2.05) is 0 Å². The second-order valence-electron chi connectivity index (χ2n) is 6.62. The molecule has 0 aliphatic carbocycles. The molecule has 7 heteroatoms. The second kappa shape index (κ2) is 9.12. The number of nitrogens with one attached hydrogen (secondary N) is 1. The van der Waals surface area contributed by atoms with Crippen LogP contribution in [-0.4, -0.2) is 86.3 Å². The van der Waals surface area contributed by atoms with Crippen molar-refractivity contribution in [3.63, 3.8) is 0 Å². The monoisotopic (exact) mass is 348 g/mol. The third-order valence-electron chi connectivity index (χ3n) is 4.88. The van der Waals surface area contributed by atoms with E-state index in [-0.39, 0.29) is 11.9 Å². The summed E-state index contributed by atoms with van der Waals surface area (Å²) in [6, 6.07) is 3.69. The molecule has 0 spiro atoms. The lowest BCUT2D eigenvalue weighted by molar-refractivity contribution is 0.0315. The van der Waals surface area contributed by atoms with Crippen molar-refractivity contribution in [2.24, 2.45) is 0 Å². The maximum Gasteiger partial charge on any atom is 0.274 e. The van der Waals surface area contributed by atoms with Gasteiger partial charge in [-0.1, -0.05) is 0 Å². The van der Waals surface area contributed by atoms with Crippen molar-refractivity contribution in [3.8, 4) is 5.75 Å². The molecular formula is C18H28N4O3. The molecule has 0 bridgehead atoms. The Balaban J connectivity index is 1.48. The van der Waals surface area contributed by atoms with Gasteiger partial charge < -0.3 is 19.7 Å². The first kappa shape index (κ1) is 18.1. The number of hydrogen-bond donors (Lipinski definition) is 1. The third kappa shape index (κ3) is 5.14. The fourth-order valence-corrected chi connectivity index (χ4v) is 3.46. The van der Waals surface area contributed by atoms with E-state index >= 15 is 0 Å². The number of ether oxygens (including phenoxy) is 2. The molecule has 2 saturated heterocycles. The van der Waals surface area contributed by atoms with Crippen LogP contribution in [-0.2, 0) is 4.74 Å². The Morgan fingerprint density at radius 3 is 2.92 bits per heavy atom. The molecular weight excluding hydrogens is 320 g/mol. The van der Waals surface area contributed by atoms with Crippen molar-refractivity contribution in [2.75, 3.05) is 59.6 Å². The number of pyridine rings is 1. The predicted octanol–water partition coefficient (Wildman–Crippen LogP) is 0.617. The van der Waals surface area contributed by atoms with E-state index in [4.69, 9.17) is 9.47 Å². The number of morpholine rings is 1. The van der Waals surface area contributed by atoms with Crippen LogP contribution in [0.15, 0.2) is 18.3 Å². The Labute approximate surface area is 149 Å². The van der Waals surface area contributed by atoms with E-state index < -0.39 is 0 Å². The Bertz CT molecular complexity index is 563. The van der Waals surface area contributed by atoms with E-state index in [1.165, 1.54) is 0 Å². The van der Waals surface area contributed by atoms with Crippen molar-refractivity contribution in [1.29, 1.82) is 0 Å². The number of amides is 1. The Morgan fingerprint density at radius 2 is 2.12 bits per heavy atom. The number of hydrogen-bond acceptors (Lipinski definition) is 6. The first-order valence-electron chi connectivity index (χ1n) is 9.08. The van der Waals surface area contributed by atoms with Crippen molar-refractivity contribution in [3.05, 3.63) is 24.0 Å². The molecule has 2 fully saturated rings. The van der Waals surface area contributed by atoms with Crippen molar-refractivity contribution in [1.82, 2.24) is 20.1 Å². The number of nitrogens with zero attached hydrogens (tertiary/aromatic N) is 3. The minimum Gasteiger partial charge on any atom is -0.494 e. The molecule has 3 rings (SSSR count). The molecule has 1 atom stereocenters. The van der Waals surface area contributed by atoms with Crippen LogP contribution in [0, 0.1) is 0 Å². The van der Waals surface area contributed by atoms with E-state index in [2.05, 4.69) is 20.1 Å². The van der Waals surface area contributed by atoms with Gasteiger partial charge in [-0.15, -0.1) is 0 Å². The Hall–Kier alpha value is -1.70. The zero-order valence-electron chi connectivity index (χ0n) is 14.9. The Kier molecular flexibility index (Phi) is 6.61. The lowest BCUT2D eigenvalue weighted by atomic mass is 10.1. The van der Waals surface area contributed by atoms with Crippen molar-refractivity contribution < 1.29 is 14.3 Å². The molecule has 0 aromatic carbocycles. The standard InChI is InChI=1S/C18H28N4O3/c1-24-16-5-2-6-19-17(16)18(23)20-15-4-3-7-22(14-15)9-8-21-10-12-25-13-11-21/h2,5-6,15H,3-4,7-14H2,1H3,(H,20,23). The molecule has 1 amide bonds. The molecule has 1 unspecified atom stereocenters.